The number of ketones is 1. The number of esters is 1. The maximum Gasteiger partial charge on any atom is 0.345 e. The van der Waals surface area contributed by atoms with Gasteiger partial charge < -0.3 is 9.47 Å². The van der Waals surface area contributed by atoms with E-state index in [4.69, 9.17) is 9.47 Å². The minimum atomic E-state index is -0.587. The predicted molar refractivity (Wildman–Crippen MR) is 54.1 cm³/mol. The molecule has 4 nitrogen and oxygen atoms in total. The van der Waals surface area contributed by atoms with E-state index in [-0.39, 0.29) is 24.4 Å². The van der Waals surface area contributed by atoms with Crippen LogP contribution in [0.5, 0.6) is 0 Å². The molecule has 0 radical (unpaired) electrons. The summed E-state index contributed by atoms with van der Waals surface area (Å²) in [4.78, 5) is 23.1. The Morgan fingerprint density at radius 1 is 1.53 bits per heavy atom. The van der Waals surface area contributed by atoms with E-state index in [1.165, 1.54) is 0 Å². The van der Waals surface area contributed by atoms with Crippen LogP contribution in [0.2, 0.25) is 0 Å². The maximum atomic E-state index is 11.7. The summed E-state index contributed by atoms with van der Waals surface area (Å²) in [5, 5.41) is 0. The van der Waals surface area contributed by atoms with Crippen LogP contribution in [0.3, 0.4) is 0 Å². The van der Waals surface area contributed by atoms with E-state index in [9.17, 15) is 9.59 Å². The van der Waals surface area contributed by atoms with Gasteiger partial charge in [-0.3, -0.25) is 4.79 Å². The van der Waals surface area contributed by atoms with Gasteiger partial charge in [0.15, 0.2) is 5.78 Å². The Morgan fingerprint density at radius 2 is 2.13 bits per heavy atom. The molecule has 0 saturated carbocycles. The van der Waals surface area contributed by atoms with Crippen molar-refractivity contribution in [1.82, 2.24) is 0 Å². The summed E-state index contributed by atoms with van der Waals surface area (Å²) in [6, 6.07) is 0. The normalized spacial score (nSPS) is 19.9. The molecule has 84 valence electrons. The van der Waals surface area contributed by atoms with Gasteiger partial charge in [0.1, 0.15) is 16.9 Å². The standard InChI is InChI=1S/C11H16O4/c1-5-14-10(13)9-7(2)15-11(3,4)6-8(9)12/h5-6H2,1-4H3. The highest BCUT2D eigenvalue weighted by Gasteiger charge is 2.36. The molecular formula is C11H16O4. The third kappa shape index (κ3) is 2.58. The van der Waals surface area contributed by atoms with Gasteiger partial charge in [-0.1, -0.05) is 0 Å². The van der Waals surface area contributed by atoms with Crippen LogP contribution >= 0.6 is 0 Å². The summed E-state index contributed by atoms with van der Waals surface area (Å²) in [7, 11) is 0. The summed E-state index contributed by atoms with van der Waals surface area (Å²) in [6.45, 7) is 7.20. The first-order valence-electron chi connectivity index (χ1n) is 4.97. The number of Topliss-reactive ketones (excluding diaryl/α,β-unsaturated/α-hetero) is 1. The lowest BCUT2D eigenvalue weighted by Gasteiger charge is -2.31. The minimum Gasteiger partial charge on any atom is -0.491 e. The van der Waals surface area contributed by atoms with Crippen molar-refractivity contribution in [1.29, 1.82) is 0 Å². The zero-order valence-corrected chi connectivity index (χ0v) is 9.55. The predicted octanol–water partition coefficient (Wildman–Crippen LogP) is 1.59. The SMILES string of the molecule is CCOC(=O)C1=C(C)OC(C)(C)CC1=O. The Morgan fingerprint density at radius 3 is 2.60 bits per heavy atom. The highest BCUT2D eigenvalue weighted by atomic mass is 16.5. The Bertz CT molecular complexity index is 325. The van der Waals surface area contributed by atoms with Crippen molar-refractivity contribution in [3.8, 4) is 0 Å². The molecule has 1 rings (SSSR count). The Kier molecular flexibility index (Phi) is 3.17. The van der Waals surface area contributed by atoms with Crippen molar-refractivity contribution in [2.24, 2.45) is 0 Å². The van der Waals surface area contributed by atoms with Crippen LogP contribution in [-0.4, -0.2) is 24.0 Å². The number of rotatable bonds is 2. The fourth-order valence-electron chi connectivity index (χ4n) is 1.63. The van der Waals surface area contributed by atoms with Crippen LogP contribution in [0.25, 0.3) is 0 Å². The van der Waals surface area contributed by atoms with Crippen LogP contribution in [0, 0.1) is 0 Å². The Hall–Kier alpha value is -1.32. The second-order valence-electron chi connectivity index (χ2n) is 4.11. The molecule has 0 saturated heterocycles. The van der Waals surface area contributed by atoms with Crippen molar-refractivity contribution in [3.05, 3.63) is 11.3 Å². The third-order valence-electron chi connectivity index (χ3n) is 2.13. The van der Waals surface area contributed by atoms with Crippen molar-refractivity contribution in [3.63, 3.8) is 0 Å². The maximum absolute atomic E-state index is 11.7. The van der Waals surface area contributed by atoms with Gasteiger partial charge in [-0.15, -0.1) is 0 Å². The average Bonchev–Trinajstić information content (AvgIpc) is 1.99. The zero-order valence-electron chi connectivity index (χ0n) is 9.55. The second-order valence-corrected chi connectivity index (χ2v) is 4.11. The van der Waals surface area contributed by atoms with Gasteiger partial charge in [0.05, 0.1) is 13.0 Å². The van der Waals surface area contributed by atoms with E-state index in [0.717, 1.165) is 0 Å². The number of allylic oxidation sites excluding steroid dienone is 1. The molecule has 4 heteroatoms. The van der Waals surface area contributed by atoms with E-state index < -0.39 is 11.6 Å². The first kappa shape index (κ1) is 11.8. The molecule has 15 heavy (non-hydrogen) atoms. The lowest BCUT2D eigenvalue weighted by Crippen LogP contribution is -2.35. The molecule has 0 aliphatic carbocycles. The van der Waals surface area contributed by atoms with Gasteiger partial charge in [-0.2, -0.15) is 0 Å². The molecular weight excluding hydrogens is 196 g/mol. The molecule has 0 fully saturated rings. The first-order chi connectivity index (χ1) is 6.87. The molecule has 1 heterocycles. The van der Waals surface area contributed by atoms with E-state index in [1.807, 2.05) is 13.8 Å². The molecule has 0 aromatic heterocycles. The number of hydrogen-bond donors (Lipinski definition) is 0. The lowest BCUT2D eigenvalue weighted by atomic mass is 9.93. The van der Waals surface area contributed by atoms with Gasteiger partial charge in [0, 0.05) is 0 Å². The minimum absolute atomic E-state index is 0.0520. The zero-order chi connectivity index (χ0) is 11.6. The Balaban J connectivity index is 2.97. The summed E-state index contributed by atoms with van der Waals surface area (Å²) in [5.74, 6) is -0.438. The van der Waals surface area contributed by atoms with Crippen molar-refractivity contribution < 1.29 is 19.1 Å². The number of carbonyl (C=O) groups is 2. The van der Waals surface area contributed by atoms with Crippen molar-refractivity contribution in [2.75, 3.05) is 6.61 Å². The second kappa shape index (κ2) is 4.04. The van der Waals surface area contributed by atoms with E-state index >= 15 is 0 Å². The summed E-state index contributed by atoms with van der Waals surface area (Å²) >= 11 is 0. The van der Waals surface area contributed by atoms with E-state index in [1.54, 1.807) is 13.8 Å². The highest BCUT2D eigenvalue weighted by molar-refractivity contribution is 6.18. The van der Waals surface area contributed by atoms with E-state index in [2.05, 4.69) is 0 Å². The quantitative estimate of drug-likeness (QED) is 0.515. The van der Waals surface area contributed by atoms with Gasteiger partial charge >= 0.3 is 5.97 Å². The highest BCUT2D eigenvalue weighted by Crippen LogP contribution is 2.29. The molecule has 1 aliphatic heterocycles. The molecule has 0 amide bonds. The summed E-state index contributed by atoms with van der Waals surface area (Å²) in [6.07, 6.45) is 0.207. The van der Waals surface area contributed by atoms with Gasteiger partial charge in [-0.05, 0) is 27.7 Å². The molecule has 1 aliphatic rings. The number of ether oxygens (including phenoxy) is 2. The molecule has 0 bridgehead atoms. The van der Waals surface area contributed by atoms with Crippen LogP contribution in [-0.2, 0) is 19.1 Å². The molecule has 0 unspecified atom stereocenters. The fraction of sp³-hybridized carbons (Fsp3) is 0.636. The van der Waals surface area contributed by atoms with Gasteiger partial charge in [0.25, 0.3) is 0 Å². The fourth-order valence-corrected chi connectivity index (χ4v) is 1.63. The number of hydrogen-bond acceptors (Lipinski definition) is 4. The Labute approximate surface area is 89.2 Å². The molecule has 0 aromatic rings. The summed E-state index contributed by atoms with van der Waals surface area (Å²) < 4.78 is 10.3. The van der Waals surface area contributed by atoms with Gasteiger partial charge in [0.2, 0.25) is 0 Å². The number of carbonyl (C=O) groups excluding carboxylic acids is 2. The third-order valence-corrected chi connectivity index (χ3v) is 2.13. The van der Waals surface area contributed by atoms with Crippen LogP contribution in [0.1, 0.15) is 34.1 Å². The lowest BCUT2D eigenvalue weighted by molar-refractivity contribution is -0.142. The largest absolute Gasteiger partial charge is 0.491 e. The van der Waals surface area contributed by atoms with Gasteiger partial charge in [-0.25, -0.2) is 4.79 Å². The monoisotopic (exact) mass is 212 g/mol. The van der Waals surface area contributed by atoms with E-state index in [0.29, 0.717) is 5.76 Å². The smallest absolute Gasteiger partial charge is 0.345 e. The first-order valence-corrected chi connectivity index (χ1v) is 4.97. The van der Waals surface area contributed by atoms with Crippen LogP contribution in [0.4, 0.5) is 0 Å². The molecule has 0 atom stereocenters. The molecule has 0 aromatic carbocycles. The summed E-state index contributed by atoms with van der Waals surface area (Å²) in [5.41, 5.74) is -0.479. The van der Waals surface area contributed by atoms with Crippen LogP contribution < -0.4 is 0 Å². The molecule has 0 N–H and O–H groups in total. The van der Waals surface area contributed by atoms with Crippen molar-refractivity contribution in [2.45, 2.75) is 39.7 Å². The topological polar surface area (TPSA) is 52.6 Å². The average molecular weight is 212 g/mol. The van der Waals surface area contributed by atoms with Crippen molar-refractivity contribution >= 4 is 11.8 Å². The molecule has 0 spiro atoms. The van der Waals surface area contributed by atoms with Crippen LogP contribution in [0.15, 0.2) is 11.3 Å².